The average Bonchev–Trinajstić information content (AvgIpc) is 3.42. The number of benzene rings is 3. The lowest BCUT2D eigenvalue weighted by Crippen LogP contribution is -1.80. The molecule has 0 saturated heterocycles. The molecule has 2 N–H and O–H groups in total. The van der Waals surface area contributed by atoms with Gasteiger partial charge in [-0.3, -0.25) is 0 Å². The van der Waals surface area contributed by atoms with Crippen molar-refractivity contribution in [1.29, 1.82) is 0 Å². The maximum Gasteiger partial charge on any atom is 0.181 e. The fourth-order valence-corrected chi connectivity index (χ4v) is 3.55. The maximum absolute atomic E-state index is 5.31. The molecule has 0 aliphatic carbocycles. The number of aromatic amines is 2. The number of nitrogens with zero attached hydrogens (tertiary/aromatic N) is 2. The van der Waals surface area contributed by atoms with Gasteiger partial charge in [0.2, 0.25) is 0 Å². The zero-order chi connectivity index (χ0) is 17.8. The molecule has 0 atom stereocenters. The van der Waals surface area contributed by atoms with Crippen molar-refractivity contribution in [2.75, 3.05) is 0 Å². The summed E-state index contributed by atoms with van der Waals surface area (Å²) in [4.78, 5) is 15.9. The lowest BCUT2D eigenvalue weighted by atomic mass is 10.1. The Hall–Kier alpha value is -3.86. The Balaban J connectivity index is 1.46. The summed E-state index contributed by atoms with van der Waals surface area (Å²) in [6, 6.07) is 22.6. The molecule has 0 aliphatic heterocycles. The lowest BCUT2D eigenvalue weighted by molar-refractivity contribution is 0.602. The van der Waals surface area contributed by atoms with Crippen LogP contribution in [0.1, 0.15) is 0 Å². The number of aromatic nitrogens is 4. The molecule has 0 amide bonds. The molecular weight excluding hydrogens is 336 g/mol. The van der Waals surface area contributed by atoms with Crippen molar-refractivity contribution in [3.63, 3.8) is 0 Å². The van der Waals surface area contributed by atoms with E-state index >= 15 is 0 Å². The van der Waals surface area contributed by atoms with Crippen LogP contribution in [0, 0.1) is 0 Å². The Bertz CT molecular complexity index is 1400. The first kappa shape index (κ1) is 14.3. The monoisotopic (exact) mass is 350 g/mol. The maximum atomic E-state index is 5.31. The molecule has 0 radical (unpaired) electrons. The van der Waals surface area contributed by atoms with E-state index in [4.69, 9.17) is 9.40 Å². The largest absolute Gasteiger partial charge is 0.443 e. The van der Waals surface area contributed by atoms with E-state index in [2.05, 4.69) is 51.4 Å². The number of hydrogen-bond donors (Lipinski definition) is 2. The predicted molar refractivity (Wildman–Crippen MR) is 106 cm³/mol. The highest BCUT2D eigenvalue weighted by atomic mass is 16.3. The summed E-state index contributed by atoms with van der Waals surface area (Å²) in [5.41, 5.74) is 7.88. The van der Waals surface area contributed by atoms with E-state index in [1.54, 1.807) is 0 Å². The third-order valence-corrected chi connectivity index (χ3v) is 4.93. The highest BCUT2D eigenvalue weighted by molar-refractivity contribution is 5.89. The van der Waals surface area contributed by atoms with Crippen LogP contribution >= 0.6 is 0 Å². The summed E-state index contributed by atoms with van der Waals surface area (Å²) >= 11 is 0. The molecule has 5 nitrogen and oxygen atoms in total. The third kappa shape index (κ3) is 2.25. The molecule has 0 aliphatic rings. The van der Waals surface area contributed by atoms with Crippen molar-refractivity contribution in [3.05, 3.63) is 73.1 Å². The summed E-state index contributed by atoms with van der Waals surface area (Å²) in [7, 11) is 0. The Labute approximate surface area is 153 Å². The van der Waals surface area contributed by atoms with Crippen molar-refractivity contribution in [2.24, 2.45) is 0 Å². The predicted octanol–water partition coefficient (Wildman–Crippen LogP) is 5.52. The average molecular weight is 350 g/mol. The highest BCUT2D eigenvalue weighted by Crippen LogP contribution is 2.29. The Morgan fingerprint density at radius 1 is 0.741 bits per heavy atom. The number of imidazole rings is 1. The van der Waals surface area contributed by atoms with Gasteiger partial charge in [-0.2, -0.15) is 0 Å². The summed E-state index contributed by atoms with van der Waals surface area (Å²) in [6.07, 6.45) is 1.46. The van der Waals surface area contributed by atoms with Gasteiger partial charge in [0.1, 0.15) is 11.3 Å². The van der Waals surface area contributed by atoms with Crippen molar-refractivity contribution in [1.82, 2.24) is 19.9 Å². The quantitative estimate of drug-likeness (QED) is 0.432. The molecule has 27 heavy (non-hydrogen) atoms. The van der Waals surface area contributed by atoms with Crippen molar-refractivity contribution < 1.29 is 4.42 Å². The van der Waals surface area contributed by atoms with Gasteiger partial charge in [-0.15, -0.1) is 0 Å². The second kappa shape index (κ2) is 5.32. The SMILES string of the molecule is c1ccc2[nH]c(-c3ccc4nc(-c5ccc6ocnc6c5)[nH]c4c3)cc2c1. The zero-order valence-corrected chi connectivity index (χ0v) is 14.2. The summed E-state index contributed by atoms with van der Waals surface area (Å²) in [5, 5.41) is 1.21. The minimum Gasteiger partial charge on any atom is -0.443 e. The molecule has 0 unspecified atom stereocenters. The van der Waals surface area contributed by atoms with Crippen LogP contribution in [0.15, 0.2) is 77.5 Å². The highest BCUT2D eigenvalue weighted by Gasteiger charge is 2.10. The minimum absolute atomic E-state index is 0.774. The Morgan fingerprint density at radius 3 is 2.63 bits per heavy atom. The number of H-pyrrole nitrogens is 2. The number of hydrogen-bond acceptors (Lipinski definition) is 3. The molecule has 128 valence electrons. The topological polar surface area (TPSA) is 70.5 Å². The third-order valence-electron chi connectivity index (χ3n) is 4.93. The first-order chi connectivity index (χ1) is 13.3. The number of oxazole rings is 1. The molecule has 0 fully saturated rings. The summed E-state index contributed by atoms with van der Waals surface area (Å²) < 4.78 is 5.31. The van der Waals surface area contributed by atoms with Crippen LogP contribution in [0.2, 0.25) is 0 Å². The van der Waals surface area contributed by atoms with Gasteiger partial charge < -0.3 is 14.4 Å². The standard InChI is InChI=1S/C22H14N4O/c1-2-4-16-13(3-1)9-18(24-16)14-5-7-17-19(10-14)26-22(25-17)15-6-8-21-20(11-15)23-12-27-21/h1-12,24H,(H,25,26). The van der Waals surface area contributed by atoms with E-state index in [1.165, 1.54) is 11.8 Å². The fourth-order valence-electron chi connectivity index (χ4n) is 3.55. The van der Waals surface area contributed by atoms with E-state index in [1.807, 2.05) is 30.3 Å². The number of nitrogens with one attached hydrogen (secondary N) is 2. The van der Waals surface area contributed by atoms with Crippen LogP contribution in [0.3, 0.4) is 0 Å². The smallest absolute Gasteiger partial charge is 0.181 e. The van der Waals surface area contributed by atoms with Gasteiger partial charge in [0.15, 0.2) is 12.0 Å². The van der Waals surface area contributed by atoms with Gasteiger partial charge >= 0.3 is 0 Å². The molecule has 0 spiro atoms. The zero-order valence-electron chi connectivity index (χ0n) is 14.2. The molecule has 6 aromatic rings. The first-order valence-electron chi connectivity index (χ1n) is 8.75. The molecule has 0 bridgehead atoms. The molecule has 3 aromatic carbocycles. The number of fused-ring (bicyclic) bond motifs is 3. The lowest BCUT2D eigenvalue weighted by Gasteiger charge is -1.97. The van der Waals surface area contributed by atoms with E-state index in [9.17, 15) is 0 Å². The van der Waals surface area contributed by atoms with Crippen molar-refractivity contribution in [2.45, 2.75) is 0 Å². The van der Waals surface area contributed by atoms with Gasteiger partial charge in [0.05, 0.1) is 11.0 Å². The second-order valence-electron chi connectivity index (χ2n) is 6.62. The second-order valence-corrected chi connectivity index (χ2v) is 6.62. The van der Waals surface area contributed by atoms with E-state index in [0.29, 0.717) is 0 Å². The molecule has 3 heterocycles. The first-order valence-corrected chi connectivity index (χ1v) is 8.75. The summed E-state index contributed by atoms with van der Waals surface area (Å²) in [6.45, 7) is 0. The normalized spacial score (nSPS) is 11.7. The van der Waals surface area contributed by atoms with E-state index < -0.39 is 0 Å². The Kier molecular flexibility index (Phi) is 2.82. The van der Waals surface area contributed by atoms with Crippen molar-refractivity contribution >= 4 is 33.0 Å². The molecular formula is C22H14N4O. The molecule has 3 aromatic heterocycles. The van der Waals surface area contributed by atoms with Crippen LogP contribution in [0.4, 0.5) is 0 Å². The Morgan fingerprint density at radius 2 is 1.67 bits per heavy atom. The van der Waals surface area contributed by atoms with Crippen LogP contribution in [0.25, 0.3) is 55.7 Å². The molecule has 5 heteroatoms. The van der Waals surface area contributed by atoms with E-state index in [-0.39, 0.29) is 0 Å². The minimum atomic E-state index is 0.774. The van der Waals surface area contributed by atoms with Gasteiger partial charge in [-0.25, -0.2) is 9.97 Å². The van der Waals surface area contributed by atoms with Crippen LogP contribution < -0.4 is 0 Å². The number of para-hydroxylation sites is 1. The summed E-state index contributed by atoms with van der Waals surface area (Å²) in [5.74, 6) is 0.823. The molecule has 6 rings (SSSR count). The van der Waals surface area contributed by atoms with Gasteiger partial charge in [-0.05, 0) is 42.5 Å². The fraction of sp³-hybridized carbons (Fsp3) is 0. The molecule has 0 saturated carbocycles. The van der Waals surface area contributed by atoms with Gasteiger partial charge in [0.25, 0.3) is 0 Å². The van der Waals surface area contributed by atoms with Crippen LogP contribution in [-0.4, -0.2) is 19.9 Å². The number of rotatable bonds is 2. The van der Waals surface area contributed by atoms with E-state index in [0.717, 1.165) is 50.3 Å². The van der Waals surface area contributed by atoms with Crippen LogP contribution in [-0.2, 0) is 0 Å². The van der Waals surface area contributed by atoms with Crippen molar-refractivity contribution in [3.8, 4) is 22.6 Å². The van der Waals surface area contributed by atoms with Crippen LogP contribution in [0.5, 0.6) is 0 Å². The van der Waals surface area contributed by atoms with Gasteiger partial charge in [-0.1, -0.05) is 24.3 Å². The van der Waals surface area contributed by atoms with Gasteiger partial charge in [0, 0.05) is 27.7 Å².